The molecule has 22 heavy (non-hydrogen) atoms. The van der Waals surface area contributed by atoms with Crippen LogP contribution in [0.4, 0.5) is 0 Å². The van der Waals surface area contributed by atoms with Gasteiger partial charge in [0, 0.05) is 6.54 Å². The summed E-state index contributed by atoms with van der Waals surface area (Å²) in [5.41, 5.74) is 0. The Hall–Kier alpha value is -2.07. The Bertz CT molecular complexity index is 636. The lowest BCUT2D eigenvalue weighted by atomic mass is 9.99. The van der Waals surface area contributed by atoms with Gasteiger partial charge in [0.15, 0.2) is 0 Å². The van der Waals surface area contributed by atoms with E-state index < -0.39 is 0 Å². The third-order valence-electron chi connectivity index (χ3n) is 4.06. The van der Waals surface area contributed by atoms with Crippen molar-refractivity contribution in [2.24, 2.45) is 5.92 Å². The standard InChI is InChI=1S/C18H22N2O2/c21-18(16-6-3-9-19-13-16)20-10-11-22-17-8-7-14-4-1-2-5-15(14)12-17/h1-2,4-5,7-8,12,16,19H,3,6,9-11,13H2,(H,20,21)/t16-/m1/s1. The second kappa shape index (κ2) is 7.27. The summed E-state index contributed by atoms with van der Waals surface area (Å²) in [6.45, 7) is 2.85. The molecule has 0 aliphatic carbocycles. The van der Waals surface area contributed by atoms with E-state index in [1.807, 2.05) is 24.3 Å². The second-order valence-corrected chi connectivity index (χ2v) is 5.69. The SMILES string of the molecule is O=C(NCCOc1ccc2ccccc2c1)[C@@H]1CCCNC1. The fourth-order valence-electron chi connectivity index (χ4n) is 2.82. The van der Waals surface area contributed by atoms with E-state index in [0.29, 0.717) is 13.2 Å². The first kappa shape index (κ1) is 14.9. The van der Waals surface area contributed by atoms with Crippen molar-refractivity contribution in [2.45, 2.75) is 12.8 Å². The highest BCUT2D eigenvalue weighted by Gasteiger charge is 2.20. The Morgan fingerprint density at radius 3 is 2.91 bits per heavy atom. The van der Waals surface area contributed by atoms with Crippen LogP contribution in [0.5, 0.6) is 5.75 Å². The van der Waals surface area contributed by atoms with E-state index >= 15 is 0 Å². The van der Waals surface area contributed by atoms with Crippen molar-refractivity contribution in [1.29, 1.82) is 0 Å². The van der Waals surface area contributed by atoms with Crippen LogP contribution in [0.1, 0.15) is 12.8 Å². The van der Waals surface area contributed by atoms with Crippen LogP contribution < -0.4 is 15.4 Å². The van der Waals surface area contributed by atoms with Gasteiger partial charge < -0.3 is 15.4 Å². The van der Waals surface area contributed by atoms with Crippen LogP contribution in [0.15, 0.2) is 42.5 Å². The van der Waals surface area contributed by atoms with Crippen LogP contribution in [0.25, 0.3) is 10.8 Å². The maximum atomic E-state index is 12.0. The second-order valence-electron chi connectivity index (χ2n) is 5.69. The van der Waals surface area contributed by atoms with Crippen LogP contribution in [-0.2, 0) is 4.79 Å². The smallest absolute Gasteiger partial charge is 0.224 e. The number of carbonyl (C=O) groups excluding carboxylic acids is 1. The van der Waals surface area contributed by atoms with Crippen LogP contribution in [-0.4, -0.2) is 32.1 Å². The van der Waals surface area contributed by atoms with E-state index in [4.69, 9.17) is 4.74 Å². The molecule has 0 radical (unpaired) electrons. The Balaban J connectivity index is 1.44. The quantitative estimate of drug-likeness (QED) is 0.833. The van der Waals surface area contributed by atoms with Gasteiger partial charge in [0.1, 0.15) is 12.4 Å². The molecule has 1 aliphatic heterocycles. The molecule has 0 unspecified atom stereocenters. The molecule has 4 heteroatoms. The minimum Gasteiger partial charge on any atom is -0.492 e. The van der Waals surface area contributed by atoms with Gasteiger partial charge in [-0.05, 0) is 42.3 Å². The topological polar surface area (TPSA) is 50.4 Å². The van der Waals surface area contributed by atoms with Crippen molar-refractivity contribution in [3.05, 3.63) is 42.5 Å². The van der Waals surface area contributed by atoms with Crippen LogP contribution >= 0.6 is 0 Å². The highest BCUT2D eigenvalue weighted by atomic mass is 16.5. The third kappa shape index (κ3) is 3.77. The van der Waals surface area contributed by atoms with Crippen molar-refractivity contribution < 1.29 is 9.53 Å². The van der Waals surface area contributed by atoms with Gasteiger partial charge in [0.2, 0.25) is 5.91 Å². The molecule has 2 aromatic rings. The number of fused-ring (bicyclic) bond motifs is 1. The largest absolute Gasteiger partial charge is 0.492 e. The van der Waals surface area contributed by atoms with Crippen molar-refractivity contribution in [3.8, 4) is 5.75 Å². The monoisotopic (exact) mass is 298 g/mol. The molecule has 1 saturated heterocycles. The summed E-state index contributed by atoms with van der Waals surface area (Å²) in [5, 5.41) is 8.58. The van der Waals surface area contributed by atoms with Crippen molar-refractivity contribution in [1.82, 2.24) is 10.6 Å². The summed E-state index contributed by atoms with van der Waals surface area (Å²) < 4.78 is 5.72. The summed E-state index contributed by atoms with van der Waals surface area (Å²) in [6.07, 6.45) is 2.05. The fourth-order valence-corrected chi connectivity index (χ4v) is 2.82. The predicted octanol–water partition coefficient (Wildman–Crippen LogP) is 2.33. The Morgan fingerprint density at radius 1 is 1.23 bits per heavy atom. The maximum absolute atomic E-state index is 12.0. The van der Waals surface area contributed by atoms with Gasteiger partial charge in [-0.2, -0.15) is 0 Å². The highest BCUT2D eigenvalue weighted by molar-refractivity contribution is 5.83. The average Bonchev–Trinajstić information content (AvgIpc) is 2.59. The molecule has 0 aromatic heterocycles. The molecule has 2 N–H and O–H groups in total. The third-order valence-corrected chi connectivity index (χ3v) is 4.06. The number of carbonyl (C=O) groups is 1. The average molecular weight is 298 g/mol. The molecule has 1 heterocycles. The zero-order chi connectivity index (χ0) is 15.2. The summed E-state index contributed by atoms with van der Waals surface area (Å²) in [7, 11) is 0. The first-order chi connectivity index (χ1) is 10.8. The van der Waals surface area contributed by atoms with Crippen molar-refractivity contribution >= 4 is 16.7 Å². The molecule has 0 bridgehead atoms. The zero-order valence-corrected chi connectivity index (χ0v) is 12.7. The van der Waals surface area contributed by atoms with E-state index in [9.17, 15) is 4.79 Å². The molecule has 0 saturated carbocycles. The number of nitrogens with one attached hydrogen (secondary N) is 2. The van der Waals surface area contributed by atoms with Crippen LogP contribution in [0, 0.1) is 5.92 Å². The van der Waals surface area contributed by atoms with Gasteiger partial charge in [-0.1, -0.05) is 30.3 Å². The molecule has 0 spiro atoms. The number of hydrogen-bond donors (Lipinski definition) is 2. The molecule has 1 fully saturated rings. The van der Waals surface area contributed by atoms with Gasteiger partial charge in [0.25, 0.3) is 0 Å². The van der Waals surface area contributed by atoms with Gasteiger partial charge in [-0.25, -0.2) is 0 Å². The minimum absolute atomic E-state index is 0.106. The lowest BCUT2D eigenvalue weighted by Gasteiger charge is -2.21. The Kier molecular flexibility index (Phi) is 4.91. The van der Waals surface area contributed by atoms with Crippen LogP contribution in [0.2, 0.25) is 0 Å². The zero-order valence-electron chi connectivity index (χ0n) is 12.7. The molecule has 2 aromatic carbocycles. The van der Waals surface area contributed by atoms with Crippen molar-refractivity contribution in [3.63, 3.8) is 0 Å². The van der Waals surface area contributed by atoms with E-state index in [1.165, 1.54) is 5.39 Å². The van der Waals surface area contributed by atoms with E-state index in [0.717, 1.165) is 37.1 Å². The van der Waals surface area contributed by atoms with Crippen molar-refractivity contribution in [2.75, 3.05) is 26.2 Å². The van der Waals surface area contributed by atoms with Crippen LogP contribution in [0.3, 0.4) is 0 Å². The molecular formula is C18H22N2O2. The van der Waals surface area contributed by atoms with Gasteiger partial charge in [-0.3, -0.25) is 4.79 Å². The molecule has 4 nitrogen and oxygen atoms in total. The first-order valence-corrected chi connectivity index (χ1v) is 7.93. The first-order valence-electron chi connectivity index (χ1n) is 7.93. The fraction of sp³-hybridized carbons (Fsp3) is 0.389. The number of hydrogen-bond acceptors (Lipinski definition) is 3. The number of piperidine rings is 1. The lowest BCUT2D eigenvalue weighted by molar-refractivity contribution is -0.125. The molecule has 1 aliphatic rings. The number of amides is 1. The summed E-state index contributed by atoms with van der Waals surface area (Å²) in [4.78, 5) is 12.0. The number of rotatable bonds is 5. The summed E-state index contributed by atoms with van der Waals surface area (Å²) in [6, 6.07) is 14.2. The normalized spacial score (nSPS) is 18.1. The Morgan fingerprint density at radius 2 is 2.09 bits per heavy atom. The molecule has 116 valence electrons. The number of ether oxygens (including phenoxy) is 1. The lowest BCUT2D eigenvalue weighted by Crippen LogP contribution is -2.41. The molecule has 1 atom stereocenters. The minimum atomic E-state index is 0.106. The molecule has 1 amide bonds. The maximum Gasteiger partial charge on any atom is 0.224 e. The number of benzene rings is 2. The van der Waals surface area contributed by atoms with E-state index in [-0.39, 0.29) is 11.8 Å². The molecule has 3 rings (SSSR count). The van der Waals surface area contributed by atoms with Gasteiger partial charge in [0.05, 0.1) is 12.5 Å². The summed E-state index contributed by atoms with van der Waals surface area (Å²) in [5.74, 6) is 1.08. The van der Waals surface area contributed by atoms with E-state index in [2.05, 4.69) is 28.8 Å². The van der Waals surface area contributed by atoms with E-state index in [1.54, 1.807) is 0 Å². The predicted molar refractivity (Wildman–Crippen MR) is 88.0 cm³/mol. The summed E-state index contributed by atoms with van der Waals surface area (Å²) >= 11 is 0. The molecular weight excluding hydrogens is 276 g/mol. The van der Waals surface area contributed by atoms with Gasteiger partial charge in [-0.15, -0.1) is 0 Å². The Labute approximate surface area is 130 Å². The van der Waals surface area contributed by atoms with Gasteiger partial charge >= 0.3 is 0 Å². The highest BCUT2D eigenvalue weighted by Crippen LogP contribution is 2.20.